The molecule has 2 aliphatic heterocycles. The molecule has 1 aromatic rings. The van der Waals surface area contributed by atoms with Gasteiger partial charge in [-0.1, -0.05) is 23.8 Å². The minimum atomic E-state index is -0.381. The second-order valence-electron chi connectivity index (χ2n) is 8.98. The Morgan fingerprint density at radius 1 is 1.04 bits per heavy atom. The molecule has 1 aromatic carbocycles. The third kappa shape index (κ3) is 3.80. The average Bonchev–Trinajstić information content (AvgIpc) is 2.97. The number of carbonyl (C=O) groups excluding carboxylic acids is 2. The summed E-state index contributed by atoms with van der Waals surface area (Å²) in [5, 5.41) is 0. The highest BCUT2D eigenvalue weighted by molar-refractivity contribution is 6.48. The van der Waals surface area contributed by atoms with Crippen LogP contribution in [0.1, 0.15) is 75.1 Å². The fraction of sp³-hybridized carbons (Fsp3) is 0.545. The van der Waals surface area contributed by atoms with Crippen LogP contribution in [-0.4, -0.2) is 41.6 Å². The first kappa shape index (κ1) is 20.8. The summed E-state index contributed by atoms with van der Waals surface area (Å²) in [5.74, 6) is -0.328. The summed E-state index contributed by atoms with van der Waals surface area (Å²) in [7, 11) is -0.331. The fourth-order valence-corrected chi connectivity index (χ4v) is 3.72. The number of amides is 2. The molecule has 1 atom stereocenters. The van der Waals surface area contributed by atoms with Gasteiger partial charge in [-0.05, 0) is 66.5 Å². The van der Waals surface area contributed by atoms with Crippen molar-refractivity contribution in [3.8, 4) is 0 Å². The molecule has 0 aliphatic carbocycles. The van der Waals surface area contributed by atoms with Gasteiger partial charge >= 0.3 is 7.12 Å². The largest absolute Gasteiger partial charge is 0.465 e. The van der Waals surface area contributed by atoms with E-state index in [0.717, 1.165) is 6.42 Å². The molecule has 0 spiro atoms. The monoisotopic (exact) mass is 383 g/mol. The average molecular weight is 383 g/mol. The molecule has 150 valence electrons. The Labute approximate surface area is 168 Å². The Bertz CT molecular complexity index is 760. The van der Waals surface area contributed by atoms with Crippen molar-refractivity contribution in [2.75, 3.05) is 6.54 Å². The van der Waals surface area contributed by atoms with Crippen LogP contribution in [0.2, 0.25) is 5.82 Å². The number of hydrogen-bond donors (Lipinski definition) is 0. The molecule has 0 bridgehead atoms. The maximum absolute atomic E-state index is 12.5. The highest BCUT2D eigenvalue weighted by Crippen LogP contribution is 2.41. The predicted octanol–water partition coefficient (Wildman–Crippen LogP) is 4.49. The van der Waals surface area contributed by atoms with E-state index in [1.165, 1.54) is 10.5 Å². The van der Waals surface area contributed by atoms with E-state index in [1.807, 2.05) is 27.7 Å². The molecule has 28 heavy (non-hydrogen) atoms. The fourth-order valence-electron chi connectivity index (χ4n) is 3.72. The Morgan fingerprint density at radius 2 is 1.54 bits per heavy atom. The lowest BCUT2D eigenvalue weighted by Gasteiger charge is -2.32. The quantitative estimate of drug-likeness (QED) is 0.413. The number of imide groups is 1. The Hall–Kier alpha value is -1.92. The Morgan fingerprint density at radius 3 is 2.00 bits per heavy atom. The zero-order chi connectivity index (χ0) is 20.7. The summed E-state index contributed by atoms with van der Waals surface area (Å²) in [6, 6.07) is 7.01. The van der Waals surface area contributed by atoms with Gasteiger partial charge in [0.25, 0.3) is 11.8 Å². The van der Waals surface area contributed by atoms with E-state index < -0.39 is 0 Å². The van der Waals surface area contributed by atoms with Crippen LogP contribution in [0, 0.1) is 0 Å². The number of hydrogen-bond acceptors (Lipinski definition) is 4. The highest BCUT2D eigenvalue weighted by atomic mass is 16.7. The predicted molar refractivity (Wildman–Crippen MR) is 110 cm³/mol. The second kappa shape index (κ2) is 7.49. The number of carbonyl (C=O) groups is 2. The molecule has 1 fully saturated rings. The van der Waals surface area contributed by atoms with E-state index in [9.17, 15) is 9.59 Å². The lowest BCUT2D eigenvalue weighted by Crippen LogP contribution is -2.41. The molecule has 0 aromatic heterocycles. The molecule has 2 amide bonds. The number of nitrogens with zero attached hydrogens (tertiary/aromatic N) is 1. The van der Waals surface area contributed by atoms with Crippen LogP contribution in [0.5, 0.6) is 0 Å². The number of rotatable bonds is 6. The molecule has 2 aliphatic rings. The van der Waals surface area contributed by atoms with Gasteiger partial charge in [0.2, 0.25) is 0 Å². The third-order valence-corrected chi connectivity index (χ3v) is 5.97. The number of benzene rings is 1. The van der Waals surface area contributed by atoms with Crippen molar-refractivity contribution in [1.29, 1.82) is 0 Å². The van der Waals surface area contributed by atoms with Crippen molar-refractivity contribution in [3.05, 3.63) is 47.0 Å². The van der Waals surface area contributed by atoms with Gasteiger partial charge in [0.1, 0.15) is 0 Å². The van der Waals surface area contributed by atoms with E-state index in [0.29, 0.717) is 24.1 Å². The third-order valence-electron chi connectivity index (χ3n) is 5.97. The van der Waals surface area contributed by atoms with Crippen molar-refractivity contribution in [1.82, 2.24) is 4.90 Å². The molecule has 5 nitrogen and oxygen atoms in total. The van der Waals surface area contributed by atoms with E-state index in [-0.39, 0.29) is 36.0 Å². The van der Waals surface area contributed by atoms with Gasteiger partial charge in [0.15, 0.2) is 0 Å². The molecular weight excluding hydrogens is 353 g/mol. The van der Waals surface area contributed by atoms with E-state index in [2.05, 4.69) is 19.9 Å². The van der Waals surface area contributed by atoms with Crippen molar-refractivity contribution in [2.24, 2.45) is 0 Å². The van der Waals surface area contributed by atoms with Gasteiger partial charge in [-0.3, -0.25) is 14.5 Å². The van der Waals surface area contributed by atoms with Gasteiger partial charge < -0.3 is 9.31 Å². The van der Waals surface area contributed by atoms with Gasteiger partial charge in [-0.25, -0.2) is 0 Å². The lowest BCUT2D eigenvalue weighted by atomic mass is 9.68. The summed E-state index contributed by atoms with van der Waals surface area (Å²) in [6.07, 6.45) is 3.64. The van der Waals surface area contributed by atoms with Gasteiger partial charge in [0, 0.05) is 12.4 Å². The van der Waals surface area contributed by atoms with Crippen molar-refractivity contribution < 1.29 is 18.9 Å². The Kier molecular flexibility index (Phi) is 5.56. The summed E-state index contributed by atoms with van der Waals surface area (Å²) in [6.45, 7) is 12.7. The van der Waals surface area contributed by atoms with Gasteiger partial charge in [-0.2, -0.15) is 0 Å². The first-order chi connectivity index (χ1) is 13.0. The maximum atomic E-state index is 12.5. The Balaban J connectivity index is 1.66. The normalized spacial score (nSPS) is 21.1. The van der Waals surface area contributed by atoms with E-state index in [4.69, 9.17) is 9.31 Å². The molecule has 0 N–H and O–H groups in total. The first-order valence-electron chi connectivity index (χ1n) is 9.99. The molecule has 1 saturated heterocycles. The van der Waals surface area contributed by atoms with Crippen LogP contribution in [0.15, 0.2) is 35.9 Å². The zero-order valence-corrected chi connectivity index (χ0v) is 17.7. The molecule has 2 heterocycles. The van der Waals surface area contributed by atoms with Gasteiger partial charge in [0.05, 0.1) is 22.3 Å². The SMILES string of the molecule is CC(C)=C[C@@H](CCCN1C(=O)c2ccccc2C1=O)B1OC(C)(C)C(C)(C)O1. The molecule has 3 rings (SSSR count). The second-order valence-corrected chi connectivity index (χ2v) is 8.98. The number of allylic oxidation sites excluding steroid dienone is 2. The summed E-state index contributed by atoms with van der Waals surface area (Å²) < 4.78 is 12.5. The van der Waals surface area contributed by atoms with Crippen LogP contribution >= 0.6 is 0 Å². The highest BCUT2D eigenvalue weighted by Gasteiger charge is 2.53. The first-order valence-corrected chi connectivity index (χ1v) is 9.99. The van der Waals surface area contributed by atoms with E-state index >= 15 is 0 Å². The van der Waals surface area contributed by atoms with Crippen LogP contribution in [-0.2, 0) is 9.31 Å². The lowest BCUT2D eigenvalue weighted by molar-refractivity contribution is 0.00578. The summed E-state index contributed by atoms with van der Waals surface area (Å²) in [4.78, 5) is 26.4. The van der Waals surface area contributed by atoms with Crippen LogP contribution in [0.25, 0.3) is 0 Å². The summed E-state index contributed by atoms with van der Waals surface area (Å²) in [5.41, 5.74) is 1.43. The van der Waals surface area contributed by atoms with Crippen LogP contribution in [0.3, 0.4) is 0 Å². The van der Waals surface area contributed by atoms with Crippen molar-refractivity contribution >= 4 is 18.9 Å². The van der Waals surface area contributed by atoms with Crippen LogP contribution < -0.4 is 0 Å². The van der Waals surface area contributed by atoms with Crippen molar-refractivity contribution in [2.45, 2.75) is 71.4 Å². The zero-order valence-electron chi connectivity index (χ0n) is 17.7. The smallest absolute Gasteiger partial charge is 0.403 e. The van der Waals surface area contributed by atoms with Gasteiger partial charge in [-0.15, -0.1) is 0 Å². The van der Waals surface area contributed by atoms with E-state index in [1.54, 1.807) is 24.3 Å². The molecule has 0 radical (unpaired) electrons. The van der Waals surface area contributed by atoms with Crippen molar-refractivity contribution in [3.63, 3.8) is 0 Å². The molecule has 0 unspecified atom stereocenters. The number of fused-ring (bicyclic) bond motifs is 1. The molecule has 0 saturated carbocycles. The standard InChI is InChI=1S/C22H30BNO4/c1-15(2)14-16(23-27-21(3,4)22(5,6)28-23)10-9-13-24-19(25)17-11-7-8-12-18(17)20(24)26/h7-8,11-12,14,16H,9-10,13H2,1-6H3/t16-/m1/s1. The topological polar surface area (TPSA) is 55.8 Å². The molecule has 6 heteroatoms. The minimum Gasteiger partial charge on any atom is -0.403 e. The molecular formula is C22H30BNO4. The summed E-state index contributed by atoms with van der Waals surface area (Å²) >= 11 is 0. The maximum Gasteiger partial charge on any atom is 0.465 e. The minimum absolute atomic E-state index is 0.0706. The van der Waals surface area contributed by atoms with Crippen LogP contribution in [0.4, 0.5) is 0 Å².